The molecule has 6 nitrogen and oxygen atoms in total. The van der Waals surface area contributed by atoms with Crippen molar-refractivity contribution in [3.8, 4) is 0 Å². The predicted octanol–water partition coefficient (Wildman–Crippen LogP) is 1.26. The van der Waals surface area contributed by atoms with Crippen molar-refractivity contribution in [2.75, 3.05) is 31.6 Å². The molecule has 0 N–H and O–H groups in total. The maximum absolute atomic E-state index is 12.4. The van der Waals surface area contributed by atoms with Crippen molar-refractivity contribution >= 4 is 11.6 Å². The summed E-state index contributed by atoms with van der Waals surface area (Å²) in [5.41, 5.74) is 0.753. The standard InChI is InChI=1S/C16H26N4O2/c1-4-5-8-18(2)16(22)13-6-9-20(10-7-13)14-11-15(21)19(3)17-12-14/h11-13H,4-10H2,1-3H3. The van der Waals surface area contributed by atoms with Crippen LogP contribution in [0.2, 0.25) is 0 Å². The average molecular weight is 306 g/mol. The summed E-state index contributed by atoms with van der Waals surface area (Å²) in [7, 11) is 3.54. The topological polar surface area (TPSA) is 58.4 Å². The molecule has 2 heterocycles. The highest BCUT2D eigenvalue weighted by atomic mass is 16.2. The highest BCUT2D eigenvalue weighted by Gasteiger charge is 2.27. The van der Waals surface area contributed by atoms with Gasteiger partial charge in [-0.2, -0.15) is 5.10 Å². The summed E-state index contributed by atoms with van der Waals surface area (Å²) in [6, 6.07) is 1.61. The van der Waals surface area contributed by atoms with Gasteiger partial charge in [0.25, 0.3) is 5.56 Å². The molecule has 0 unspecified atom stereocenters. The van der Waals surface area contributed by atoms with Crippen molar-refractivity contribution in [3.63, 3.8) is 0 Å². The van der Waals surface area contributed by atoms with E-state index in [2.05, 4.69) is 16.9 Å². The van der Waals surface area contributed by atoms with Gasteiger partial charge in [0.15, 0.2) is 0 Å². The van der Waals surface area contributed by atoms with Crippen molar-refractivity contribution in [1.29, 1.82) is 0 Å². The SMILES string of the molecule is CCCCN(C)C(=O)C1CCN(c2cnn(C)c(=O)c2)CC1. The number of amides is 1. The van der Waals surface area contributed by atoms with E-state index in [4.69, 9.17) is 0 Å². The Morgan fingerprint density at radius 1 is 1.41 bits per heavy atom. The third-order valence-corrected chi connectivity index (χ3v) is 4.39. The maximum atomic E-state index is 12.4. The second-order valence-corrected chi connectivity index (χ2v) is 6.05. The van der Waals surface area contributed by atoms with Crippen LogP contribution >= 0.6 is 0 Å². The number of aromatic nitrogens is 2. The molecule has 1 aromatic heterocycles. The van der Waals surface area contributed by atoms with Gasteiger partial charge in [-0.1, -0.05) is 13.3 Å². The zero-order chi connectivity index (χ0) is 16.1. The smallest absolute Gasteiger partial charge is 0.268 e. The predicted molar refractivity (Wildman–Crippen MR) is 87.0 cm³/mol. The highest BCUT2D eigenvalue weighted by molar-refractivity contribution is 5.78. The minimum absolute atomic E-state index is 0.102. The molecule has 2 rings (SSSR count). The number of hydrogen-bond donors (Lipinski definition) is 0. The van der Waals surface area contributed by atoms with Crippen LogP contribution in [0.3, 0.4) is 0 Å². The summed E-state index contributed by atoms with van der Waals surface area (Å²) in [6.45, 7) is 4.57. The first-order chi connectivity index (χ1) is 10.5. The Bertz CT molecular complexity index is 562. The summed E-state index contributed by atoms with van der Waals surface area (Å²) in [5, 5.41) is 4.06. The lowest BCUT2D eigenvalue weighted by molar-refractivity contribution is -0.134. The summed E-state index contributed by atoms with van der Waals surface area (Å²) in [6.07, 6.45) is 5.55. The van der Waals surface area contributed by atoms with Crippen LogP contribution in [-0.4, -0.2) is 47.3 Å². The number of aryl methyl sites for hydroxylation is 1. The Hall–Kier alpha value is -1.85. The number of carbonyl (C=O) groups is 1. The lowest BCUT2D eigenvalue weighted by Gasteiger charge is -2.34. The minimum Gasteiger partial charge on any atom is -0.370 e. The van der Waals surface area contributed by atoms with Gasteiger partial charge in [0.05, 0.1) is 11.9 Å². The minimum atomic E-state index is -0.102. The quantitative estimate of drug-likeness (QED) is 0.821. The van der Waals surface area contributed by atoms with Crippen molar-refractivity contribution in [1.82, 2.24) is 14.7 Å². The van der Waals surface area contributed by atoms with E-state index in [-0.39, 0.29) is 17.4 Å². The van der Waals surface area contributed by atoms with Gasteiger partial charge in [-0.3, -0.25) is 9.59 Å². The summed E-state index contributed by atoms with van der Waals surface area (Å²) < 4.78 is 1.32. The Kier molecular flexibility index (Phi) is 5.57. The monoisotopic (exact) mass is 306 g/mol. The first-order valence-corrected chi connectivity index (χ1v) is 8.06. The van der Waals surface area contributed by atoms with E-state index in [0.717, 1.165) is 51.0 Å². The van der Waals surface area contributed by atoms with E-state index in [1.165, 1.54) is 4.68 Å². The lowest BCUT2D eigenvalue weighted by Crippen LogP contribution is -2.42. The van der Waals surface area contributed by atoms with Crippen LogP contribution < -0.4 is 10.5 Å². The summed E-state index contributed by atoms with van der Waals surface area (Å²) in [4.78, 5) is 28.1. The van der Waals surface area contributed by atoms with E-state index < -0.39 is 0 Å². The highest BCUT2D eigenvalue weighted by Crippen LogP contribution is 2.23. The van der Waals surface area contributed by atoms with Gasteiger partial charge in [0.1, 0.15) is 0 Å². The molecule has 1 saturated heterocycles. The zero-order valence-electron chi connectivity index (χ0n) is 13.8. The Labute approximate surface area is 131 Å². The fourth-order valence-corrected chi connectivity index (χ4v) is 2.83. The summed E-state index contributed by atoms with van der Waals surface area (Å²) in [5.74, 6) is 0.368. The normalized spacial score (nSPS) is 15.9. The second kappa shape index (κ2) is 7.42. The fraction of sp³-hybridized carbons (Fsp3) is 0.688. The Balaban J connectivity index is 1.91. The molecule has 1 amide bonds. The van der Waals surface area contributed by atoms with E-state index in [1.807, 2.05) is 11.9 Å². The number of carbonyl (C=O) groups excluding carboxylic acids is 1. The van der Waals surface area contributed by atoms with Crippen LogP contribution in [-0.2, 0) is 11.8 Å². The van der Waals surface area contributed by atoms with E-state index >= 15 is 0 Å². The molecule has 0 saturated carbocycles. The molecule has 0 spiro atoms. The third-order valence-electron chi connectivity index (χ3n) is 4.39. The lowest BCUT2D eigenvalue weighted by atomic mass is 9.95. The first kappa shape index (κ1) is 16.5. The summed E-state index contributed by atoms with van der Waals surface area (Å²) >= 11 is 0. The third kappa shape index (κ3) is 3.87. The van der Waals surface area contributed by atoms with Crippen LogP contribution in [0.5, 0.6) is 0 Å². The number of hydrogen-bond acceptors (Lipinski definition) is 4. The average Bonchev–Trinajstić information content (AvgIpc) is 2.54. The van der Waals surface area contributed by atoms with Crippen molar-refractivity contribution in [3.05, 3.63) is 22.6 Å². The number of unbranched alkanes of at least 4 members (excludes halogenated alkanes) is 1. The molecule has 1 aliphatic heterocycles. The number of nitrogens with zero attached hydrogens (tertiary/aromatic N) is 4. The molecule has 22 heavy (non-hydrogen) atoms. The van der Waals surface area contributed by atoms with Gasteiger partial charge in [0.2, 0.25) is 5.91 Å². The number of rotatable bonds is 5. The molecule has 1 fully saturated rings. The molecule has 0 aromatic carbocycles. The van der Waals surface area contributed by atoms with E-state index in [9.17, 15) is 9.59 Å². The molecular weight excluding hydrogens is 280 g/mol. The van der Waals surface area contributed by atoms with Crippen LogP contribution in [0, 0.1) is 5.92 Å². The largest absolute Gasteiger partial charge is 0.370 e. The van der Waals surface area contributed by atoms with Gasteiger partial charge in [-0.15, -0.1) is 0 Å². The number of piperidine rings is 1. The Morgan fingerprint density at radius 2 is 2.09 bits per heavy atom. The van der Waals surface area contributed by atoms with Gasteiger partial charge < -0.3 is 9.80 Å². The first-order valence-electron chi connectivity index (χ1n) is 8.06. The molecule has 0 atom stereocenters. The van der Waals surface area contributed by atoms with Crippen molar-refractivity contribution in [2.45, 2.75) is 32.6 Å². The van der Waals surface area contributed by atoms with Gasteiger partial charge in [-0.05, 0) is 19.3 Å². The molecule has 1 aliphatic rings. The molecule has 122 valence electrons. The van der Waals surface area contributed by atoms with Crippen LogP contribution in [0.1, 0.15) is 32.6 Å². The van der Waals surface area contributed by atoms with Gasteiger partial charge in [0, 0.05) is 45.7 Å². The molecule has 0 radical (unpaired) electrons. The van der Waals surface area contributed by atoms with Crippen molar-refractivity contribution in [2.24, 2.45) is 13.0 Å². The molecule has 6 heteroatoms. The van der Waals surface area contributed by atoms with E-state index in [0.29, 0.717) is 0 Å². The zero-order valence-corrected chi connectivity index (χ0v) is 13.8. The molecule has 0 aliphatic carbocycles. The fourth-order valence-electron chi connectivity index (χ4n) is 2.83. The van der Waals surface area contributed by atoms with E-state index in [1.54, 1.807) is 19.3 Å². The second-order valence-electron chi connectivity index (χ2n) is 6.05. The van der Waals surface area contributed by atoms with Crippen LogP contribution in [0.4, 0.5) is 5.69 Å². The Morgan fingerprint density at radius 3 is 2.68 bits per heavy atom. The van der Waals surface area contributed by atoms with Gasteiger partial charge in [-0.25, -0.2) is 4.68 Å². The number of anilines is 1. The van der Waals surface area contributed by atoms with Crippen LogP contribution in [0.25, 0.3) is 0 Å². The van der Waals surface area contributed by atoms with Gasteiger partial charge >= 0.3 is 0 Å². The van der Waals surface area contributed by atoms with Crippen LogP contribution in [0.15, 0.2) is 17.1 Å². The van der Waals surface area contributed by atoms with Crippen molar-refractivity contribution < 1.29 is 4.79 Å². The maximum Gasteiger partial charge on any atom is 0.268 e. The molecule has 0 bridgehead atoms. The molecular formula is C16H26N4O2. The molecule has 1 aromatic rings.